The number of hydrogen-bond acceptors (Lipinski definition) is 5. The summed E-state index contributed by atoms with van der Waals surface area (Å²) in [6.07, 6.45) is 0.631. The third-order valence-electron chi connectivity index (χ3n) is 3.83. The van der Waals surface area contributed by atoms with Crippen LogP contribution in [0.3, 0.4) is 0 Å². The maximum atomic E-state index is 10.5. The van der Waals surface area contributed by atoms with Gasteiger partial charge in [-0.15, -0.1) is 0 Å². The molecule has 1 unspecified atom stereocenters. The molecule has 0 aliphatic rings. The van der Waals surface area contributed by atoms with E-state index in [1.54, 1.807) is 44.7 Å². The van der Waals surface area contributed by atoms with Gasteiger partial charge in [-0.05, 0) is 42.0 Å². The predicted molar refractivity (Wildman–Crippen MR) is 96.1 cm³/mol. The van der Waals surface area contributed by atoms with Crippen molar-refractivity contribution in [3.8, 4) is 22.8 Å². The van der Waals surface area contributed by atoms with Crippen LogP contribution in [0, 0.1) is 0 Å². The molecule has 3 rings (SSSR count). The topological polar surface area (TPSA) is 64.5 Å². The molecule has 0 aliphatic heterocycles. The second-order valence-corrected chi connectivity index (χ2v) is 5.69. The Balaban J connectivity index is 1.87. The molecule has 0 bridgehead atoms. The van der Waals surface area contributed by atoms with Gasteiger partial charge in [-0.25, -0.2) is 4.98 Å². The molecule has 0 amide bonds. The largest absolute Gasteiger partial charge is 0.497 e. The first-order valence-corrected chi connectivity index (χ1v) is 7.99. The number of aliphatic hydroxyl groups is 1. The number of halogens is 1. The third-order valence-corrected chi connectivity index (χ3v) is 4.11. The van der Waals surface area contributed by atoms with E-state index in [1.807, 2.05) is 24.3 Å². The Morgan fingerprint density at radius 3 is 2.00 bits per heavy atom. The van der Waals surface area contributed by atoms with Crippen LogP contribution >= 0.6 is 11.6 Å². The van der Waals surface area contributed by atoms with Gasteiger partial charge >= 0.3 is 0 Å². The number of hydrogen-bond donors (Lipinski definition) is 1. The highest BCUT2D eigenvalue weighted by molar-refractivity contribution is 6.30. The van der Waals surface area contributed by atoms with E-state index in [9.17, 15) is 5.11 Å². The molecule has 25 heavy (non-hydrogen) atoms. The standard InChI is InChI=1S/C19H17ClN2O3/c1-24-14-7-3-12(4-8-14)16-11-21-17(19(20)22-16)18(23)13-5-9-15(25-2)10-6-13/h3-11,18,23H,1-2H3. The quantitative estimate of drug-likeness (QED) is 0.751. The van der Waals surface area contributed by atoms with Gasteiger partial charge in [-0.1, -0.05) is 23.7 Å². The molecule has 0 fully saturated rings. The average molecular weight is 357 g/mol. The van der Waals surface area contributed by atoms with E-state index in [4.69, 9.17) is 21.1 Å². The van der Waals surface area contributed by atoms with E-state index in [0.717, 1.165) is 11.3 Å². The molecule has 128 valence electrons. The highest BCUT2D eigenvalue weighted by atomic mass is 35.5. The molecule has 0 spiro atoms. The SMILES string of the molecule is COc1ccc(-c2cnc(C(O)c3ccc(OC)cc3)c(Cl)n2)cc1. The molecular weight excluding hydrogens is 340 g/mol. The number of methoxy groups -OCH3 is 2. The van der Waals surface area contributed by atoms with Crippen molar-refractivity contribution >= 4 is 11.6 Å². The van der Waals surface area contributed by atoms with Crippen LogP contribution in [0.1, 0.15) is 17.4 Å². The van der Waals surface area contributed by atoms with Crippen LogP contribution in [0.5, 0.6) is 11.5 Å². The van der Waals surface area contributed by atoms with Crippen molar-refractivity contribution in [1.29, 1.82) is 0 Å². The van der Waals surface area contributed by atoms with E-state index >= 15 is 0 Å². The van der Waals surface area contributed by atoms with Crippen LogP contribution in [-0.4, -0.2) is 29.3 Å². The fourth-order valence-electron chi connectivity index (χ4n) is 2.40. The minimum Gasteiger partial charge on any atom is -0.497 e. The van der Waals surface area contributed by atoms with Gasteiger partial charge in [0.05, 0.1) is 26.1 Å². The first kappa shape index (κ1) is 17.2. The first-order valence-electron chi connectivity index (χ1n) is 7.61. The van der Waals surface area contributed by atoms with E-state index in [0.29, 0.717) is 22.7 Å². The van der Waals surface area contributed by atoms with Gasteiger partial charge in [0.15, 0.2) is 5.15 Å². The van der Waals surface area contributed by atoms with Crippen molar-refractivity contribution in [2.75, 3.05) is 14.2 Å². The van der Waals surface area contributed by atoms with Crippen molar-refractivity contribution in [3.63, 3.8) is 0 Å². The lowest BCUT2D eigenvalue weighted by molar-refractivity contribution is 0.215. The Morgan fingerprint density at radius 1 is 0.920 bits per heavy atom. The first-order chi connectivity index (χ1) is 12.1. The lowest BCUT2D eigenvalue weighted by atomic mass is 10.1. The number of nitrogens with zero attached hydrogens (tertiary/aromatic N) is 2. The van der Waals surface area contributed by atoms with Gasteiger partial charge in [0, 0.05) is 5.56 Å². The van der Waals surface area contributed by atoms with Gasteiger partial charge in [0.2, 0.25) is 0 Å². The molecule has 0 radical (unpaired) electrons. The molecule has 1 N–H and O–H groups in total. The monoisotopic (exact) mass is 356 g/mol. The summed E-state index contributed by atoms with van der Waals surface area (Å²) >= 11 is 6.26. The van der Waals surface area contributed by atoms with Gasteiger partial charge in [0.25, 0.3) is 0 Å². The number of ether oxygens (including phenoxy) is 2. The summed E-state index contributed by atoms with van der Waals surface area (Å²) in [5.74, 6) is 1.47. The van der Waals surface area contributed by atoms with Crippen LogP contribution in [0.25, 0.3) is 11.3 Å². The van der Waals surface area contributed by atoms with E-state index in [-0.39, 0.29) is 5.15 Å². The summed E-state index contributed by atoms with van der Waals surface area (Å²) in [6.45, 7) is 0. The Morgan fingerprint density at radius 2 is 1.48 bits per heavy atom. The zero-order chi connectivity index (χ0) is 17.8. The third kappa shape index (κ3) is 3.73. The van der Waals surface area contributed by atoms with Crippen LogP contribution in [0.4, 0.5) is 0 Å². The number of aliphatic hydroxyl groups excluding tert-OH is 1. The fraction of sp³-hybridized carbons (Fsp3) is 0.158. The molecule has 3 aromatic rings. The molecule has 1 atom stereocenters. The lowest BCUT2D eigenvalue weighted by Gasteiger charge is -2.13. The van der Waals surface area contributed by atoms with Crippen molar-refractivity contribution in [3.05, 3.63) is 71.1 Å². The van der Waals surface area contributed by atoms with Gasteiger partial charge in [-0.3, -0.25) is 4.98 Å². The van der Waals surface area contributed by atoms with Crippen molar-refractivity contribution in [2.24, 2.45) is 0 Å². The predicted octanol–water partition coefficient (Wildman–Crippen LogP) is 3.90. The zero-order valence-corrected chi connectivity index (χ0v) is 14.6. The Labute approximate surface area is 150 Å². The minimum absolute atomic E-state index is 0.164. The summed E-state index contributed by atoms with van der Waals surface area (Å²) in [5.41, 5.74) is 2.46. The molecule has 5 nitrogen and oxygen atoms in total. The van der Waals surface area contributed by atoms with Crippen molar-refractivity contribution in [2.45, 2.75) is 6.10 Å². The van der Waals surface area contributed by atoms with E-state index < -0.39 is 6.10 Å². The molecule has 6 heteroatoms. The zero-order valence-electron chi connectivity index (χ0n) is 13.8. The molecular formula is C19H17ClN2O3. The summed E-state index contributed by atoms with van der Waals surface area (Å²) in [5, 5.41) is 10.7. The van der Waals surface area contributed by atoms with Crippen LogP contribution in [0.2, 0.25) is 5.15 Å². The van der Waals surface area contributed by atoms with Crippen LogP contribution < -0.4 is 9.47 Å². The second-order valence-electron chi connectivity index (χ2n) is 5.34. The number of aromatic nitrogens is 2. The summed E-state index contributed by atoms with van der Waals surface area (Å²) in [6, 6.07) is 14.5. The highest BCUT2D eigenvalue weighted by Gasteiger charge is 2.17. The minimum atomic E-state index is -0.962. The van der Waals surface area contributed by atoms with Crippen molar-refractivity contribution in [1.82, 2.24) is 9.97 Å². The fourth-order valence-corrected chi connectivity index (χ4v) is 2.65. The van der Waals surface area contributed by atoms with E-state index in [1.165, 1.54) is 0 Å². The molecule has 0 saturated carbocycles. The maximum absolute atomic E-state index is 10.5. The summed E-state index contributed by atoms with van der Waals surface area (Å²) in [4.78, 5) is 8.67. The van der Waals surface area contributed by atoms with Crippen LogP contribution in [0.15, 0.2) is 54.7 Å². The van der Waals surface area contributed by atoms with Crippen molar-refractivity contribution < 1.29 is 14.6 Å². The molecule has 0 aliphatic carbocycles. The van der Waals surface area contributed by atoms with Gasteiger partial charge < -0.3 is 14.6 Å². The maximum Gasteiger partial charge on any atom is 0.154 e. The highest BCUT2D eigenvalue weighted by Crippen LogP contribution is 2.29. The Kier molecular flexibility index (Phi) is 5.16. The Hall–Kier alpha value is -2.63. The number of rotatable bonds is 5. The normalized spacial score (nSPS) is 11.8. The summed E-state index contributed by atoms with van der Waals surface area (Å²) < 4.78 is 10.3. The Bertz CT molecular complexity index is 852. The second kappa shape index (κ2) is 7.51. The molecule has 1 heterocycles. The summed E-state index contributed by atoms with van der Waals surface area (Å²) in [7, 11) is 3.20. The lowest BCUT2D eigenvalue weighted by Crippen LogP contribution is -2.05. The molecule has 0 saturated heterocycles. The molecule has 1 aromatic heterocycles. The number of benzene rings is 2. The average Bonchev–Trinajstić information content (AvgIpc) is 2.67. The van der Waals surface area contributed by atoms with E-state index in [2.05, 4.69) is 9.97 Å². The van der Waals surface area contributed by atoms with Gasteiger partial charge in [-0.2, -0.15) is 0 Å². The molecule has 2 aromatic carbocycles. The van der Waals surface area contributed by atoms with Crippen LogP contribution in [-0.2, 0) is 0 Å². The smallest absolute Gasteiger partial charge is 0.154 e. The van der Waals surface area contributed by atoms with Gasteiger partial charge in [0.1, 0.15) is 23.3 Å².